The molecule has 4 rings (SSSR count). The largest absolute Gasteiger partial charge is 0.462 e. The van der Waals surface area contributed by atoms with Crippen LogP contribution in [0.2, 0.25) is 0 Å². The molecule has 0 aromatic rings. The fraction of sp³-hybridized carbons (Fsp3) is 0.947. The molecular formula is C19H30O2. The second-order valence-electron chi connectivity index (χ2n) is 9.23. The number of esters is 1. The van der Waals surface area contributed by atoms with Crippen molar-refractivity contribution in [3.8, 4) is 0 Å². The van der Waals surface area contributed by atoms with Crippen molar-refractivity contribution in [2.75, 3.05) is 0 Å². The Bertz CT molecular complexity index is 454. The summed E-state index contributed by atoms with van der Waals surface area (Å²) in [7, 11) is 0. The molecule has 4 saturated carbocycles. The van der Waals surface area contributed by atoms with Gasteiger partial charge in [0.05, 0.1) is 0 Å². The molecule has 6 atom stereocenters. The summed E-state index contributed by atoms with van der Waals surface area (Å²) >= 11 is 0. The van der Waals surface area contributed by atoms with Crippen LogP contribution >= 0.6 is 0 Å². The minimum Gasteiger partial charge on any atom is -0.462 e. The lowest BCUT2D eigenvalue weighted by molar-refractivity contribution is -0.158. The molecule has 2 nitrogen and oxygen atoms in total. The third-order valence-corrected chi connectivity index (χ3v) is 8.30. The summed E-state index contributed by atoms with van der Waals surface area (Å²) in [6, 6.07) is 0. The number of hydrogen-bond donors (Lipinski definition) is 0. The molecule has 0 heterocycles. The maximum absolute atomic E-state index is 12.4. The van der Waals surface area contributed by atoms with Crippen molar-refractivity contribution in [2.24, 2.45) is 34.5 Å². The van der Waals surface area contributed by atoms with Crippen molar-refractivity contribution in [1.29, 1.82) is 0 Å². The van der Waals surface area contributed by atoms with Gasteiger partial charge in [-0.25, -0.2) is 0 Å². The van der Waals surface area contributed by atoms with Crippen molar-refractivity contribution in [1.82, 2.24) is 0 Å². The van der Waals surface area contributed by atoms with Crippen LogP contribution in [0.5, 0.6) is 0 Å². The van der Waals surface area contributed by atoms with Crippen molar-refractivity contribution < 1.29 is 9.53 Å². The highest BCUT2D eigenvalue weighted by molar-refractivity contribution is 5.70. The normalized spacial score (nSPS) is 49.8. The Kier molecular flexibility index (Phi) is 3.01. The Morgan fingerprint density at radius 1 is 1.10 bits per heavy atom. The average molecular weight is 290 g/mol. The van der Waals surface area contributed by atoms with Gasteiger partial charge >= 0.3 is 5.97 Å². The molecule has 0 spiro atoms. The zero-order chi connectivity index (χ0) is 14.8. The number of ether oxygens (including phenoxy) is 1. The highest BCUT2D eigenvalue weighted by Crippen LogP contribution is 2.66. The quantitative estimate of drug-likeness (QED) is 0.712. The van der Waals surface area contributed by atoms with E-state index in [4.69, 9.17) is 4.74 Å². The molecule has 0 aromatic carbocycles. The highest BCUT2D eigenvalue weighted by Gasteiger charge is 2.62. The van der Waals surface area contributed by atoms with Gasteiger partial charge in [0.25, 0.3) is 0 Å². The molecule has 4 aliphatic carbocycles. The van der Waals surface area contributed by atoms with E-state index in [0.717, 1.165) is 24.2 Å². The Morgan fingerprint density at radius 3 is 2.43 bits per heavy atom. The summed E-state index contributed by atoms with van der Waals surface area (Å²) in [4.78, 5) is 12.4. The number of carbonyl (C=O) groups excluding carboxylic acids is 1. The molecular weight excluding hydrogens is 260 g/mol. The molecule has 6 unspecified atom stereocenters. The maximum Gasteiger partial charge on any atom is 0.306 e. The van der Waals surface area contributed by atoms with Crippen LogP contribution < -0.4 is 0 Å². The van der Waals surface area contributed by atoms with Crippen LogP contribution in [0.3, 0.4) is 0 Å². The first-order chi connectivity index (χ1) is 9.90. The van der Waals surface area contributed by atoms with Gasteiger partial charge < -0.3 is 4.74 Å². The molecule has 0 amide bonds. The standard InChI is InChI=1S/C19H30O2/c1-18(2)15-6-7-19(18,3)16(11-15)21-17(20)10-14-9-12-4-5-13(14)8-12/h12-16H,4-11H2,1-3H3. The second kappa shape index (κ2) is 4.49. The van der Waals surface area contributed by atoms with Crippen molar-refractivity contribution in [3.05, 3.63) is 0 Å². The van der Waals surface area contributed by atoms with Gasteiger partial charge in [0, 0.05) is 11.8 Å². The van der Waals surface area contributed by atoms with Crippen LogP contribution in [0.25, 0.3) is 0 Å². The average Bonchev–Trinajstić information content (AvgIpc) is 3.11. The number of carbonyl (C=O) groups is 1. The maximum atomic E-state index is 12.4. The molecule has 0 aromatic heterocycles. The van der Waals surface area contributed by atoms with E-state index in [1.807, 2.05) is 0 Å². The second-order valence-corrected chi connectivity index (χ2v) is 9.23. The Hall–Kier alpha value is -0.530. The molecule has 4 fully saturated rings. The van der Waals surface area contributed by atoms with Gasteiger partial charge in [-0.2, -0.15) is 0 Å². The number of rotatable bonds is 3. The first kappa shape index (κ1) is 14.1. The van der Waals surface area contributed by atoms with E-state index in [1.165, 1.54) is 38.5 Å². The Balaban J connectivity index is 1.38. The Labute approximate surface area is 129 Å². The third kappa shape index (κ3) is 1.93. The molecule has 4 bridgehead atoms. The molecule has 4 aliphatic rings. The van der Waals surface area contributed by atoms with Crippen LogP contribution in [0.4, 0.5) is 0 Å². The van der Waals surface area contributed by atoms with Crippen LogP contribution in [-0.2, 0) is 9.53 Å². The minimum absolute atomic E-state index is 0.0992. The zero-order valence-electron chi connectivity index (χ0n) is 13.9. The first-order valence-corrected chi connectivity index (χ1v) is 9.09. The molecule has 2 heteroatoms. The van der Waals surface area contributed by atoms with Crippen molar-refractivity contribution >= 4 is 5.97 Å². The van der Waals surface area contributed by atoms with Crippen molar-refractivity contribution in [3.63, 3.8) is 0 Å². The van der Waals surface area contributed by atoms with E-state index < -0.39 is 0 Å². The summed E-state index contributed by atoms with van der Waals surface area (Å²) < 4.78 is 6.01. The molecule has 118 valence electrons. The lowest BCUT2D eigenvalue weighted by atomic mass is 9.70. The van der Waals surface area contributed by atoms with Gasteiger partial charge in [0.1, 0.15) is 6.10 Å². The van der Waals surface area contributed by atoms with E-state index >= 15 is 0 Å². The van der Waals surface area contributed by atoms with Gasteiger partial charge in [-0.05, 0) is 67.6 Å². The fourth-order valence-corrected chi connectivity index (χ4v) is 6.36. The molecule has 0 radical (unpaired) electrons. The van der Waals surface area contributed by atoms with E-state index in [9.17, 15) is 4.79 Å². The predicted molar refractivity (Wildman–Crippen MR) is 82.7 cm³/mol. The van der Waals surface area contributed by atoms with E-state index in [0.29, 0.717) is 17.8 Å². The van der Waals surface area contributed by atoms with Crippen LogP contribution in [0, 0.1) is 34.5 Å². The van der Waals surface area contributed by atoms with Crippen LogP contribution in [0.15, 0.2) is 0 Å². The first-order valence-electron chi connectivity index (χ1n) is 9.09. The lowest BCUT2D eigenvalue weighted by Gasteiger charge is -2.38. The number of fused-ring (bicyclic) bond motifs is 4. The summed E-state index contributed by atoms with van der Waals surface area (Å²) in [5.41, 5.74) is 0.548. The summed E-state index contributed by atoms with van der Waals surface area (Å²) in [6.45, 7) is 7.12. The summed E-state index contributed by atoms with van der Waals surface area (Å²) in [6.07, 6.45) is 9.97. The van der Waals surface area contributed by atoms with Gasteiger partial charge in [-0.15, -0.1) is 0 Å². The Morgan fingerprint density at radius 2 is 1.90 bits per heavy atom. The van der Waals surface area contributed by atoms with Crippen LogP contribution in [-0.4, -0.2) is 12.1 Å². The smallest absolute Gasteiger partial charge is 0.306 e. The molecule has 0 N–H and O–H groups in total. The molecule has 0 aliphatic heterocycles. The van der Waals surface area contributed by atoms with Gasteiger partial charge in [0.15, 0.2) is 0 Å². The SMILES string of the molecule is CC1(C)C2CCC1(C)C(OC(=O)CC1CC3CCC1C3)C2. The third-order valence-electron chi connectivity index (χ3n) is 8.30. The topological polar surface area (TPSA) is 26.3 Å². The van der Waals surface area contributed by atoms with Crippen molar-refractivity contribution in [2.45, 2.75) is 78.2 Å². The fourth-order valence-electron chi connectivity index (χ4n) is 6.36. The summed E-state index contributed by atoms with van der Waals surface area (Å²) in [5, 5.41) is 0. The molecule has 0 saturated heterocycles. The van der Waals surface area contributed by atoms with E-state index in [2.05, 4.69) is 20.8 Å². The van der Waals surface area contributed by atoms with Gasteiger partial charge in [0.2, 0.25) is 0 Å². The van der Waals surface area contributed by atoms with Gasteiger partial charge in [-0.1, -0.05) is 27.2 Å². The van der Waals surface area contributed by atoms with E-state index in [1.54, 1.807) is 0 Å². The summed E-state index contributed by atoms with van der Waals surface area (Å²) in [5.74, 6) is 3.24. The van der Waals surface area contributed by atoms with Gasteiger partial charge in [-0.3, -0.25) is 4.79 Å². The predicted octanol–water partition coefficient (Wildman–Crippen LogP) is 4.57. The minimum atomic E-state index is 0.0992. The monoisotopic (exact) mass is 290 g/mol. The number of hydrogen-bond acceptors (Lipinski definition) is 2. The van der Waals surface area contributed by atoms with Crippen LogP contribution in [0.1, 0.15) is 72.1 Å². The lowest BCUT2D eigenvalue weighted by Crippen LogP contribution is -2.38. The van der Waals surface area contributed by atoms with E-state index in [-0.39, 0.29) is 17.5 Å². The highest BCUT2D eigenvalue weighted by atomic mass is 16.5. The molecule has 21 heavy (non-hydrogen) atoms. The zero-order valence-corrected chi connectivity index (χ0v) is 13.9.